The Bertz CT molecular complexity index is 632. The van der Waals surface area contributed by atoms with Crippen LogP contribution in [0.1, 0.15) is 17.2 Å². The van der Waals surface area contributed by atoms with Gasteiger partial charge in [-0.15, -0.1) is 0 Å². The number of hydrogen-bond donors (Lipinski definition) is 1. The van der Waals surface area contributed by atoms with Gasteiger partial charge in [-0.2, -0.15) is 0 Å². The molecule has 20 heavy (non-hydrogen) atoms. The molecular weight excluding hydrogens is 277 g/mol. The van der Waals surface area contributed by atoms with Crippen LogP contribution in [0.5, 0.6) is 5.75 Å². The first kappa shape index (κ1) is 13.4. The monoisotopic (exact) mass is 291 g/mol. The molecule has 1 aliphatic heterocycles. The van der Waals surface area contributed by atoms with E-state index in [2.05, 4.69) is 0 Å². The van der Waals surface area contributed by atoms with Crippen LogP contribution in [0.2, 0.25) is 5.02 Å². The van der Waals surface area contributed by atoms with Crippen LogP contribution in [0.4, 0.5) is 4.39 Å². The highest BCUT2D eigenvalue weighted by molar-refractivity contribution is 6.31. The van der Waals surface area contributed by atoms with Crippen molar-refractivity contribution in [3.63, 3.8) is 0 Å². The molecule has 0 amide bonds. The van der Waals surface area contributed by atoms with Crippen LogP contribution in [0.3, 0.4) is 0 Å². The number of para-hydroxylation sites is 1. The van der Waals surface area contributed by atoms with Crippen molar-refractivity contribution in [3.8, 4) is 5.75 Å². The molecule has 2 unspecified atom stereocenters. The van der Waals surface area contributed by atoms with Gasteiger partial charge in [0, 0.05) is 17.0 Å². The van der Waals surface area contributed by atoms with Gasteiger partial charge in [0.2, 0.25) is 0 Å². The minimum atomic E-state index is -0.341. The highest BCUT2D eigenvalue weighted by Crippen LogP contribution is 2.34. The summed E-state index contributed by atoms with van der Waals surface area (Å²) in [6, 6.07) is 11.9. The Morgan fingerprint density at radius 2 is 2.05 bits per heavy atom. The van der Waals surface area contributed by atoms with Crippen molar-refractivity contribution in [2.75, 3.05) is 6.61 Å². The zero-order chi connectivity index (χ0) is 14.1. The predicted molar refractivity (Wildman–Crippen MR) is 77.5 cm³/mol. The van der Waals surface area contributed by atoms with Gasteiger partial charge in [0.05, 0.1) is 6.61 Å². The number of ether oxygens (including phenoxy) is 1. The van der Waals surface area contributed by atoms with Gasteiger partial charge >= 0.3 is 0 Å². The largest absolute Gasteiger partial charge is 0.493 e. The fourth-order valence-corrected chi connectivity index (χ4v) is 2.85. The predicted octanol–water partition coefficient (Wildman–Crippen LogP) is 3.73. The molecule has 0 aliphatic carbocycles. The molecule has 1 heterocycles. The third kappa shape index (κ3) is 2.51. The summed E-state index contributed by atoms with van der Waals surface area (Å²) in [7, 11) is 0. The van der Waals surface area contributed by atoms with Gasteiger partial charge in [0.15, 0.2) is 0 Å². The molecule has 0 saturated heterocycles. The minimum Gasteiger partial charge on any atom is -0.493 e. The third-order valence-electron chi connectivity index (χ3n) is 3.73. The third-order valence-corrected chi connectivity index (χ3v) is 4.08. The lowest BCUT2D eigenvalue weighted by molar-refractivity contribution is 0.200. The van der Waals surface area contributed by atoms with E-state index in [9.17, 15) is 4.39 Å². The van der Waals surface area contributed by atoms with Gasteiger partial charge < -0.3 is 10.5 Å². The molecule has 2 atom stereocenters. The van der Waals surface area contributed by atoms with Gasteiger partial charge in [-0.3, -0.25) is 0 Å². The van der Waals surface area contributed by atoms with E-state index in [1.54, 1.807) is 6.07 Å². The zero-order valence-electron chi connectivity index (χ0n) is 10.9. The number of rotatable bonds is 2. The fourth-order valence-electron chi connectivity index (χ4n) is 2.61. The molecule has 104 valence electrons. The zero-order valence-corrected chi connectivity index (χ0v) is 11.6. The number of hydrogen-bond acceptors (Lipinski definition) is 2. The number of benzene rings is 2. The Balaban J connectivity index is 1.85. The second-order valence-corrected chi connectivity index (χ2v) is 5.48. The molecule has 0 bridgehead atoms. The molecule has 0 radical (unpaired) electrons. The van der Waals surface area contributed by atoms with Gasteiger partial charge in [0.25, 0.3) is 0 Å². The summed E-state index contributed by atoms with van der Waals surface area (Å²) in [5, 5.41) is 0.498. The average Bonchev–Trinajstić information content (AvgIpc) is 2.48. The number of nitrogens with two attached hydrogens (primary N) is 1. The maximum absolute atomic E-state index is 13.4. The maximum Gasteiger partial charge on any atom is 0.123 e. The smallest absolute Gasteiger partial charge is 0.123 e. The topological polar surface area (TPSA) is 35.2 Å². The van der Waals surface area contributed by atoms with Crippen molar-refractivity contribution in [2.24, 2.45) is 11.7 Å². The Morgan fingerprint density at radius 1 is 1.25 bits per heavy atom. The van der Waals surface area contributed by atoms with Crippen molar-refractivity contribution >= 4 is 11.6 Å². The first-order chi connectivity index (χ1) is 9.65. The summed E-state index contributed by atoms with van der Waals surface area (Å²) in [6.07, 6.45) is 0.810. The molecule has 0 aromatic heterocycles. The Labute approximate surface area is 122 Å². The molecule has 2 N–H and O–H groups in total. The van der Waals surface area contributed by atoms with Crippen LogP contribution >= 0.6 is 11.6 Å². The van der Waals surface area contributed by atoms with Crippen LogP contribution in [0, 0.1) is 11.7 Å². The quantitative estimate of drug-likeness (QED) is 0.915. The summed E-state index contributed by atoms with van der Waals surface area (Å²) in [4.78, 5) is 0. The summed E-state index contributed by atoms with van der Waals surface area (Å²) < 4.78 is 19.1. The van der Waals surface area contributed by atoms with Crippen LogP contribution in [0.25, 0.3) is 0 Å². The minimum absolute atomic E-state index is 0.0872. The lowest BCUT2D eigenvalue weighted by atomic mass is 9.87. The van der Waals surface area contributed by atoms with Gasteiger partial charge in [0.1, 0.15) is 11.6 Å². The molecule has 0 fully saturated rings. The SMILES string of the molecule is NC(c1cc(F)ccc1Cl)C1COc2ccccc2C1. The van der Waals surface area contributed by atoms with Crippen molar-refractivity contribution < 1.29 is 9.13 Å². The molecule has 2 aromatic carbocycles. The van der Waals surface area contributed by atoms with E-state index in [1.165, 1.54) is 12.1 Å². The molecule has 3 rings (SSSR count). The average molecular weight is 292 g/mol. The standard InChI is InChI=1S/C16H15ClFNO/c17-14-6-5-12(18)8-13(14)16(19)11-7-10-3-1-2-4-15(10)20-9-11/h1-6,8,11,16H,7,9,19H2. The lowest BCUT2D eigenvalue weighted by Gasteiger charge is -2.30. The second-order valence-electron chi connectivity index (χ2n) is 5.07. The summed E-state index contributed by atoms with van der Waals surface area (Å²) in [6.45, 7) is 0.519. The van der Waals surface area contributed by atoms with Gasteiger partial charge in [-0.05, 0) is 41.8 Å². The molecule has 0 saturated carbocycles. The van der Waals surface area contributed by atoms with Crippen LogP contribution in [-0.4, -0.2) is 6.61 Å². The summed E-state index contributed by atoms with van der Waals surface area (Å²) in [5.41, 5.74) is 8.04. The van der Waals surface area contributed by atoms with Gasteiger partial charge in [-0.1, -0.05) is 29.8 Å². The fraction of sp³-hybridized carbons (Fsp3) is 0.250. The first-order valence-corrected chi connectivity index (χ1v) is 6.94. The van der Waals surface area contributed by atoms with Crippen molar-refractivity contribution in [1.29, 1.82) is 0 Å². The van der Waals surface area contributed by atoms with Crippen molar-refractivity contribution in [3.05, 3.63) is 64.4 Å². The number of fused-ring (bicyclic) bond motifs is 1. The maximum atomic E-state index is 13.4. The van der Waals surface area contributed by atoms with E-state index in [0.717, 1.165) is 17.7 Å². The molecular formula is C16H15ClFNO. The Kier molecular flexibility index (Phi) is 3.64. The first-order valence-electron chi connectivity index (χ1n) is 6.56. The lowest BCUT2D eigenvalue weighted by Crippen LogP contribution is -2.31. The highest BCUT2D eigenvalue weighted by Gasteiger charge is 2.27. The Morgan fingerprint density at radius 3 is 2.90 bits per heavy atom. The van der Waals surface area contributed by atoms with Crippen LogP contribution < -0.4 is 10.5 Å². The van der Waals surface area contributed by atoms with E-state index in [0.29, 0.717) is 17.2 Å². The van der Waals surface area contributed by atoms with E-state index in [4.69, 9.17) is 22.1 Å². The van der Waals surface area contributed by atoms with E-state index >= 15 is 0 Å². The normalized spacial score (nSPS) is 19.1. The van der Waals surface area contributed by atoms with E-state index in [-0.39, 0.29) is 17.8 Å². The summed E-state index contributed by atoms with van der Waals surface area (Å²) >= 11 is 6.12. The highest BCUT2D eigenvalue weighted by atomic mass is 35.5. The second kappa shape index (κ2) is 5.43. The molecule has 4 heteroatoms. The molecule has 2 nitrogen and oxygen atoms in total. The Hall–Kier alpha value is -1.58. The molecule has 0 spiro atoms. The van der Waals surface area contributed by atoms with Crippen molar-refractivity contribution in [1.82, 2.24) is 0 Å². The van der Waals surface area contributed by atoms with Crippen LogP contribution in [-0.2, 0) is 6.42 Å². The summed E-state index contributed by atoms with van der Waals surface area (Å²) in [5.74, 6) is 0.669. The number of halogens is 2. The van der Waals surface area contributed by atoms with Crippen LogP contribution in [0.15, 0.2) is 42.5 Å². The molecule has 1 aliphatic rings. The van der Waals surface area contributed by atoms with E-state index in [1.807, 2.05) is 24.3 Å². The molecule has 2 aromatic rings. The van der Waals surface area contributed by atoms with E-state index < -0.39 is 0 Å². The van der Waals surface area contributed by atoms with Gasteiger partial charge in [-0.25, -0.2) is 4.39 Å². The van der Waals surface area contributed by atoms with Crippen molar-refractivity contribution in [2.45, 2.75) is 12.5 Å².